The SMILES string of the molecule is Cc1ccc(N(CCCN2CC3CN(C(=O)c4c(C)ccnc4C)CC3C2)C(=O)C2CCS(=O)(=O)CC2)cc1Cl. The number of carbonyl (C=O) groups is 2. The number of hydrogen-bond acceptors (Lipinski definition) is 6. The Bertz CT molecular complexity index is 1350. The van der Waals surface area contributed by atoms with Crippen molar-refractivity contribution in [3.8, 4) is 0 Å². The van der Waals surface area contributed by atoms with E-state index in [0.29, 0.717) is 36.2 Å². The van der Waals surface area contributed by atoms with E-state index in [1.165, 1.54) is 0 Å². The summed E-state index contributed by atoms with van der Waals surface area (Å²) in [5.74, 6) is 0.848. The van der Waals surface area contributed by atoms with Gasteiger partial charge in [0.2, 0.25) is 5.91 Å². The molecule has 3 saturated heterocycles. The Kier molecular flexibility index (Phi) is 8.55. The van der Waals surface area contributed by atoms with Gasteiger partial charge in [-0.3, -0.25) is 14.6 Å². The fraction of sp³-hybridized carbons (Fsp3) is 0.567. The monoisotopic (exact) mass is 586 g/mol. The van der Waals surface area contributed by atoms with Crippen LogP contribution < -0.4 is 4.90 Å². The van der Waals surface area contributed by atoms with Crippen molar-refractivity contribution in [2.75, 3.05) is 55.7 Å². The van der Waals surface area contributed by atoms with Crippen molar-refractivity contribution in [3.63, 3.8) is 0 Å². The lowest BCUT2D eigenvalue weighted by Gasteiger charge is -2.30. The van der Waals surface area contributed by atoms with Gasteiger partial charge in [-0.2, -0.15) is 0 Å². The van der Waals surface area contributed by atoms with Crippen LogP contribution in [0.5, 0.6) is 0 Å². The molecule has 2 atom stereocenters. The van der Waals surface area contributed by atoms with Crippen LogP contribution in [0.1, 0.15) is 46.4 Å². The van der Waals surface area contributed by atoms with Crippen LogP contribution in [0.3, 0.4) is 0 Å². The standard InChI is InChI=1S/C30H39ClN4O4S/c1-20-5-6-26(15-27(20)31)35(29(36)23-8-13-40(38,39)14-9-23)12-4-11-33-16-24-18-34(19-25(24)17-33)30(37)28-21(2)7-10-32-22(28)3/h5-7,10,15,23-25H,4,8-9,11-14,16-19H2,1-3H3. The second kappa shape index (κ2) is 11.8. The van der Waals surface area contributed by atoms with Crippen molar-refractivity contribution in [2.24, 2.45) is 17.8 Å². The average Bonchev–Trinajstić information content (AvgIpc) is 3.47. The smallest absolute Gasteiger partial charge is 0.255 e. The summed E-state index contributed by atoms with van der Waals surface area (Å²) >= 11 is 6.41. The summed E-state index contributed by atoms with van der Waals surface area (Å²) in [7, 11) is -3.04. The Balaban J connectivity index is 1.18. The van der Waals surface area contributed by atoms with Crippen molar-refractivity contribution in [2.45, 2.75) is 40.0 Å². The summed E-state index contributed by atoms with van der Waals surface area (Å²) in [5, 5.41) is 0.615. The quantitative estimate of drug-likeness (QED) is 0.489. The van der Waals surface area contributed by atoms with Crippen LogP contribution in [-0.4, -0.2) is 85.8 Å². The van der Waals surface area contributed by atoms with Crippen molar-refractivity contribution in [3.05, 3.63) is 57.9 Å². The zero-order chi connectivity index (χ0) is 28.6. The van der Waals surface area contributed by atoms with E-state index >= 15 is 0 Å². The van der Waals surface area contributed by atoms with Crippen molar-refractivity contribution in [1.82, 2.24) is 14.8 Å². The van der Waals surface area contributed by atoms with Crippen molar-refractivity contribution < 1.29 is 18.0 Å². The molecule has 40 heavy (non-hydrogen) atoms. The molecule has 3 aliphatic heterocycles. The van der Waals surface area contributed by atoms with Gasteiger partial charge in [-0.1, -0.05) is 17.7 Å². The fourth-order valence-electron chi connectivity index (χ4n) is 6.54. The first-order valence-corrected chi connectivity index (χ1v) is 16.4. The molecule has 5 rings (SSSR count). The second-order valence-corrected chi connectivity index (χ2v) is 14.5. The second-order valence-electron chi connectivity index (χ2n) is 11.8. The predicted molar refractivity (Wildman–Crippen MR) is 158 cm³/mol. The molecular weight excluding hydrogens is 548 g/mol. The number of aromatic nitrogens is 1. The molecule has 8 nitrogen and oxygen atoms in total. The number of carbonyl (C=O) groups excluding carboxylic acids is 2. The number of hydrogen-bond donors (Lipinski definition) is 0. The van der Waals surface area contributed by atoms with Gasteiger partial charge in [-0.15, -0.1) is 0 Å². The fourth-order valence-corrected chi connectivity index (χ4v) is 8.21. The molecule has 1 aromatic heterocycles. The van der Waals surface area contributed by atoms with Crippen LogP contribution in [0.4, 0.5) is 5.69 Å². The Morgan fingerprint density at radius 2 is 1.68 bits per heavy atom. The molecule has 1 aromatic carbocycles. The topological polar surface area (TPSA) is 90.9 Å². The maximum Gasteiger partial charge on any atom is 0.255 e. The molecular formula is C30H39ClN4O4S. The predicted octanol–water partition coefficient (Wildman–Crippen LogP) is 3.91. The van der Waals surface area contributed by atoms with Gasteiger partial charge >= 0.3 is 0 Å². The van der Waals surface area contributed by atoms with E-state index in [-0.39, 0.29) is 29.2 Å². The molecule has 0 aliphatic carbocycles. The van der Waals surface area contributed by atoms with Crippen LogP contribution in [0.25, 0.3) is 0 Å². The average molecular weight is 587 g/mol. The lowest BCUT2D eigenvalue weighted by atomic mass is 10.0. The molecule has 2 unspecified atom stereocenters. The summed E-state index contributed by atoms with van der Waals surface area (Å²) < 4.78 is 23.9. The number of sulfone groups is 1. The van der Waals surface area contributed by atoms with Crippen molar-refractivity contribution >= 4 is 38.9 Å². The lowest BCUT2D eigenvalue weighted by Crippen LogP contribution is -2.41. The number of pyridine rings is 1. The first kappa shape index (κ1) is 29.0. The van der Waals surface area contributed by atoms with E-state index < -0.39 is 9.84 Å². The Labute approximate surface area is 242 Å². The normalized spacial score (nSPS) is 22.9. The number of rotatable bonds is 7. The molecule has 0 spiro atoms. The molecule has 0 radical (unpaired) electrons. The van der Waals surface area contributed by atoms with Crippen LogP contribution in [0, 0.1) is 38.5 Å². The molecule has 3 aliphatic rings. The molecule has 0 bridgehead atoms. The number of fused-ring (bicyclic) bond motifs is 1. The maximum atomic E-state index is 13.6. The minimum atomic E-state index is -3.04. The summed E-state index contributed by atoms with van der Waals surface area (Å²) in [6.07, 6.45) is 3.30. The van der Waals surface area contributed by atoms with Gasteiger partial charge < -0.3 is 14.7 Å². The molecule has 216 valence electrons. The van der Waals surface area contributed by atoms with E-state index in [9.17, 15) is 18.0 Å². The Morgan fingerprint density at radius 3 is 2.30 bits per heavy atom. The Hall–Kier alpha value is -2.49. The first-order chi connectivity index (χ1) is 19.0. The van der Waals surface area contributed by atoms with Gasteiger partial charge in [-0.05, 0) is 87.7 Å². The number of likely N-dealkylation sites (tertiary alicyclic amines) is 2. The third kappa shape index (κ3) is 6.21. The van der Waals surface area contributed by atoms with E-state index in [4.69, 9.17) is 11.6 Å². The number of anilines is 1. The number of aryl methyl sites for hydroxylation is 3. The number of nitrogens with zero attached hydrogens (tertiary/aromatic N) is 4. The van der Waals surface area contributed by atoms with Gasteiger partial charge in [0, 0.05) is 55.5 Å². The van der Waals surface area contributed by atoms with Gasteiger partial charge in [0.05, 0.1) is 22.8 Å². The number of halogens is 1. The van der Waals surface area contributed by atoms with Crippen LogP contribution in [-0.2, 0) is 14.6 Å². The van der Waals surface area contributed by atoms with Crippen LogP contribution in [0.2, 0.25) is 5.02 Å². The summed E-state index contributed by atoms with van der Waals surface area (Å²) in [5.41, 5.74) is 4.21. The molecule has 3 fully saturated rings. The molecule has 0 saturated carbocycles. The highest BCUT2D eigenvalue weighted by atomic mass is 35.5. The zero-order valence-electron chi connectivity index (χ0n) is 23.6. The zero-order valence-corrected chi connectivity index (χ0v) is 25.2. The lowest BCUT2D eigenvalue weighted by molar-refractivity contribution is -0.122. The van der Waals surface area contributed by atoms with Gasteiger partial charge in [0.25, 0.3) is 5.91 Å². The third-order valence-electron chi connectivity index (χ3n) is 8.90. The minimum Gasteiger partial charge on any atom is -0.338 e. The largest absolute Gasteiger partial charge is 0.338 e. The molecule has 2 aromatic rings. The number of benzene rings is 1. The summed E-state index contributed by atoms with van der Waals surface area (Å²) in [6.45, 7) is 10.6. The molecule has 2 amide bonds. The highest BCUT2D eigenvalue weighted by molar-refractivity contribution is 7.91. The first-order valence-electron chi connectivity index (χ1n) is 14.2. The minimum absolute atomic E-state index is 0.0109. The summed E-state index contributed by atoms with van der Waals surface area (Å²) in [6, 6.07) is 7.59. The van der Waals surface area contributed by atoms with E-state index in [1.54, 1.807) is 6.20 Å². The van der Waals surface area contributed by atoms with Crippen LogP contribution in [0.15, 0.2) is 30.5 Å². The molecule has 0 N–H and O–H groups in total. The van der Waals surface area contributed by atoms with Gasteiger partial charge in [-0.25, -0.2) is 8.42 Å². The highest BCUT2D eigenvalue weighted by Gasteiger charge is 2.42. The van der Waals surface area contributed by atoms with Gasteiger partial charge in [0.15, 0.2) is 0 Å². The maximum absolute atomic E-state index is 13.6. The van der Waals surface area contributed by atoms with E-state index in [0.717, 1.165) is 67.2 Å². The van der Waals surface area contributed by atoms with Gasteiger partial charge in [0.1, 0.15) is 9.84 Å². The Morgan fingerprint density at radius 1 is 1.00 bits per heavy atom. The van der Waals surface area contributed by atoms with E-state index in [1.807, 2.05) is 54.8 Å². The highest BCUT2D eigenvalue weighted by Crippen LogP contribution is 2.33. The third-order valence-corrected chi connectivity index (χ3v) is 11.0. The molecule has 10 heteroatoms. The number of amides is 2. The summed E-state index contributed by atoms with van der Waals surface area (Å²) in [4.78, 5) is 37.4. The van der Waals surface area contributed by atoms with Crippen LogP contribution >= 0.6 is 11.6 Å². The van der Waals surface area contributed by atoms with Crippen molar-refractivity contribution in [1.29, 1.82) is 0 Å². The van der Waals surface area contributed by atoms with E-state index in [2.05, 4.69) is 9.88 Å². The molecule has 4 heterocycles.